The van der Waals surface area contributed by atoms with Gasteiger partial charge in [-0.05, 0) is 43.5 Å². The van der Waals surface area contributed by atoms with Gasteiger partial charge in [-0.1, -0.05) is 48.8 Å². The summed E-state index contributed by atoms with van der Waals surface area (Å²) in [6, 6.07) is 7.85. The van der Waals surface area contributed by atoms with Crippen LogP contribution in [0.4, 0.5) is 0 Å². The van der Waals surface area contributed by atoms with Gasteiger partial charge in [0, 0.05) is 4.47 Å². The number of ether oxygens (including phenoxy) is 1. The zero-order valence-electron chi connectivity index (χ0n) is 12.7. The van der Waals surface area contributed by atoms with Crippen LogP contribution in [0.2, 0.25) is 0 Å². The molecule has 0 spiro atoms. The molecule has 0 amide bonds. The van der Waals surface area contributed by atoms with Crippen molar-refractivity contribution in [2.24, 2.45) is 5.92 Å². The molecule has 0 bridgehead atoms. The van der Waals surface area contributed by atoms with Crippen molar-refractivity contribution in [1.29, 1.82) is 0 Å². The van der Waals surface area contributed by atoms with Gasteiger partial charge < -0.3 is 4.74 Å². The number of carbonyl (C=O) groups excluding carboxylic acids is 1. The van der Waals surface area contributed by atoms with Crippen LogP contribution in [0.3, 0.4) is 0 Å². The first-order valence-corrected chi connectivity index (χ1v) is 7.93. The summed E-state index contributed by atoms with van der Waals surface area (Å²) < 4.78 is 6.27. The molecule has 0 fully saturated rings. The standard InChI is InChI=1S/C16H24BrNO2/c1-5-16(15(19)20-6-2,18-11-12(3)4)13-8-7-9-14(17)10-13/h7-10,12,18H,5-6,11H2,1-4H3. The molecule has 1 aromatic rings. The lowest BCUT2D eigenvalue weighted by molar-refractivity contribution is -0.152. The number of hydrogen-bond acceptors (Lipinski definition) is 3. The van der Waals surface area contributed by atoms with Crippen LogP contribution in [0.1, 0.15) is 39.7 Å². The van der Waals surface area contributed by atoms with E-state index >= 15 is 0 Å². The zero-order chi connectivity index (χ0) is 15.2. The van der Waals surface area contributed by atoms with Gasteiger partial charge in [0.05, 0.1) is 6.61 Å². The van der Waals surface area contributed by atoms with Gasteiger partial charge in [-0.15, -0.1) is 0 Å². The molecule has 1 aromatic carbocycles. The molecule has 0 aromatic heterocycles. The zero-order valence-corrected chi connectivity index (χ0v) is 14.3. The average Bonchev–Trinajstić information content (AvgIpc) is 2.40. The highest BCUT2D eigenvalue weighted by molar-refractivity contribution is 9.10. The summed E-state index contributed by atoms with van der Waals surface area (Å²) in [6.45, 7) is 9.24. The molecule has 112 valence electrons. The maximum absolute atomic E-state index is 12.5. The van der Waals surface area contributed by atoms with Crippen molar-refractivity contribution in [2.45, 2.75) is 39.7 Å². The van der Waals surface area contributed by atoms with Gasteiger partial charge in [0.15, 0.2) is 0 Å². The minimum absolute atomic E-state index is 0.207. The maximum atomic E-state index is 12.5. The first-order valence-electron chi connectivity index (χ1n) is 7.14. The minimum atomic E-state index is -0.774. The van der Waals surface area contributed by atoms with Crippen LogP contribution in [0.15, 0.2) is 28.7 Å². The summed E-state index contributed by atoms with van der Waals surface area (Å²) in [7, 11) is 0. The number of esters is 1. The Kier molecular flexibility index (Phi) is 6.69. The molecule has 20 heavy (non-hydrogen) atoms. The summed E-state index contributed by atoms with van der Waals surface area (Å²) in [4.78, 5) is 12.5. The highest BCUT2D eigenvalue weighted by Crippen LogP contribution is 2.29. The molecule has 1 N–H and O–H groups in total. The van der Waals surface area contributed by atoms with Crippen molar-refractivity contribution in [3.05, 3.63) is 34.3 Å². The van der Waals surface area contributed by atoms with E-state index in [9.17, 15) is 4.79 Å². The number of hydrogen-bond donors (Lipinski definition) is 1. The molecule has 0 aliphatic heterocycles. The van der Waals surface area contributed by atoms with Gasteiger partial charge in [-0.25, -0.2) is 4.79 Å². The third kappa shape index (κ3) is 4.06. The Morgan fingerprint density at radius 3 is 2.60 bits per heavy atom. The van der Waals surface area contributed by atoms with Gasteiger partial charge >= 0.3 is 5.97 Å². The highest BCUT2D eigenvalue weighted by Gasteiger charge is 2.39. The third-order valence-corrected chi connectivity index (χ3v) is 3.78. The number of rotatable bonds is 7. The summed E-state index contributed by atoms with van der Waals surface area (Å²) in [6.07, 6.45) is 0.648. The summed E-state index contributed by atoms with van der Waals surface area (Å²) >= 11 is 3.47. The molecule has 0 saturated carbocycles. The molecular formula is C16H24BrNO2. The predicted octanol–water partition coefficient (Wildman–Crippen LogP) is 3.86. The van der Waals surface area contributed by atoms with Crippen LogP contribution in [0, 0.1) is 5.92 Å². The number of carbonyl (C=O) groups is 1. The Bertz CT molecular complexity index is 448. The number of nitrogens with one attached hydrogen (secondary N) is 1. The SMILES string of the molecule is CCOC(=O)C(CC)(NCC(C)C)c1cccc(Br)c1. The Morgan fingerprint density at radius 2 is 2.10 bits per heavy atom. The lowest BCUT2D eigenvalue weighted by Gasteiger charge is -2.33. The normalized spacial score (nSPS) is 14.1. The number of benzene rings is 1. The van der Waals surface area contributed by atoms with Crippen molar-refractivity contribution in [3.63, 3.8) is 0 Å². The molecule has 1 rings (SSSR count). The van der Waals surface area contributed by atoms with Crippen molar-refractivity contribution in [2.75, 3.05) is 13.2 Å². The smallest absolute Gasteiger partial charge is 0.330 e. The van der Waals surface area contributed by atoms with Crippen LogP contribution in [-0.2, 0) is 15.1 Å². The first-order chi connectivity index (χ1) is 9.46. The lowest BCUT2D eigenvalue weighted by atomic mass is 9.86. The Balaban J connectivity index is 3.19. The third-order valence-electron chi connectivity index (χ3n) is 3.28. The molecule has 0 radical (unpaired) electrons. The fraction of sp³-hybridized carbons (Fsp3) is 0.562. The van der Waals surface area contributed by atoms with Crippen LogP contribution in [0.25, 0.3) is 0 Å². The highest BCUT2D eigenvalue weighted by atomic mass is 79.9. The fourth-order valence-electron chi connectivity index (χ4n) is 2.15. The topological polar surface area (TPSA) is 38.3 Å². The van der Waals surface area contributed by atoms with Crippen LogP contribution in [0.5, 0.6) is 0 Å². The fourth-order valence-corrected chi connectivity index (χ4v) is 2.55. The molecule has 0 aliphatic carbocycles. The van der Waals surface area contributed by atoms with Gasteiger partial charge in [0.1, 0.15) is 5.54 Å². The van der Waals surface area contributed by atoms with E-state index in [-0.39, 0.29) is 5.97 Å². The van der Waals surface area contributed by atoms with Gasteiger partial charge in [0.2, 0.25) is 0 Å². The van der Waals surface area contributed by atoms with E-state index in [1.54, 1.807) is 0 Å². The van der Waals surface area contributed by atoms with Crippen LogP contribution < -0.4 is 5.32 Å². The summed E-state index contributed by atoms with van der Waals surface area (Å²) in [5, 5.41) is 3.42. The number of halogens is 1. The molecule has 1 atom stereocenters. The summed E-state index contributed by atoms with van der Waals surface area (Å²) in [5.74, 6) is 0.253. The van der Waals surface area contributed by atoms with Crippen LogP contribution in [-0.4, -0.2) is 19.1 Å². The Morgan fingerprint density at radius 1 is 1.40 bits per heavy atom. The Hall–Kier alpha value is -0.870. The second-order valence-electron chi connectivity index (χ2n) is 5.26. The van der Waals surface area contributed by atoms with Crippen LogP contribution >= 0.6 is 15.9 Å². The maximum Gasteiger partial charge on any atom is 0.330 e. The van der Waals surface area contributed by atoms with Crippen molar-refractivity contribution in [3.8, 4) is 0 Å². The second-order valence-corrected chi connectivity index (χ2v) is 6.18. The molecule has 4 heteroatoms. The Labute approximate surface area is 130 Å². The van der Waals surface area contributed by atoms with E-state index in [1.165, 1.54) is 0 Å². The monoisotopic (exact) mass is 341 g/mol. The molecule has 1 unspecified atom stereocenters. The average molecular weight is 342 g/mol. The van der Waals surface area contributed by atoms with E-state index in [2.05, 4.69) is 35.1 Å². The van der Waals surface area contributed by atoms with E-state index in [4.69, 9.17) is 4.74 Å². The van der Waals surface area contributed by atoms with E-state index in [1.807, 2.05) is 38.1 Å². The molecule has 3 nitrogen and oxygen atoms in total. The largest absolute Gasteiger partial charge is 0.464 e. The molecular weight excluding hydrogens is 318 g/mol. The molecule has 0 heterocycles. The van der Waals surface area contributed by atoms with E-state index in [0.29, 0.717) is 18.9 Å². The quantitative estimate of drug-likeness (QED) is 0.765. The summed E-state index contributed by atoms with van der Waals surface area (Å²) in [5.41, 5.74) is 0.165. The van der Waals surface area contributed by atoms with Crippen molar-refractivity contribution >= 4 is 21.9 Å². The van der Waals surface area contributed by atoms with Gasteiger partial charge in [-0.3, -0.25) is 5.32 Å². The predicted molar refractivity (Wildman–Crippen MR) is 85.6 cm³/mol. The van der Waals surface area contributed by atoms with E-state index in [0.717, 1.165) is 16.6 Å². The molecule has 0 aliphatic rings. The van der Waals surface area contributed by atoms with Crippen molar-refractivity contribution in [1.82, 2.24) is 5.32 Å². The lowest BCUT2D eigenvalue weighted by Crippen LogP contribution is -2.51. The van der Waals surface area contributed by atoms with E-state index < -0.39 is 5.54 Å². The first kappa shape index (κ1) is 17.2. The van der Waals surface area contributed by atoms with Gasteiger partial charge in [-0.2, -0.15) is 0 Å². The van der Waals surface area contributed by atoms with Gasteiger partial charge in [0.25, 0.3) is 0 Å². The van der Waals surface area contributed by atoms with Crippen molar-refractivity contribution < 1.29 is 9.53 Å². The second kappa shape index (κ2) is 7.79. The minimum Gasteiger partial charge on any atom is -0.464 e. The molecule has 0 saturated heterocycles.